The summed E-state index contributed by atoms with van der Waals surface area (Å²) in [7, 11) is 0. The van der Waals surface area contributed by atoms with Gasteiger partial charge in [-0.15, -0.1) is 0 Å². The van der Waals surface area contributed by atoms with E-state index in [0.29, 0.717) is 11.6 Å². The number of hydrogen-bond donors (Lipinski definition) is 1. The summed E-state index contributed by atoms with van der Waals surface area (Å²) in [5, 5.41) is 4.17. The minimum absolute atomic E-state index is 0.188. The van der Waals surface area contributed by atoms with Gasteiger partial charge in [0.2, 0.25) is 0 Å². The second-order valence-electron chi connectivity index (χ2n) is 7.85. The van der Waals surface area contributed by atoms with Crippen molar-refractivity contribution in [2.75, 3.05) is 18.5 Å². The van der Waals surface area contributed by atoms with E-state index in [1.807, 2.05) is 72.2 Å². The maximum Gasteiger partial charge on any atom is 0.302 e. The van der Waals surface area contributed by atoms with Crippen molar-refractivity contribution in [1.29, 1.82) is 0 Å². The van der Waals surface area contributed by atoms with E-state index in [-0.39, 0.29) is 19.2 Å². The Morgan fingerprint density at radius 1 is 0.971 bits per heavy atom. The highest BCUT2D eigenvalue weighted by atomic mass is 16.6. The largest absolute Gasteiger partial charge is 0.490 e. The summed E-state index contributed by atoms with van der Waals surface area (Å²) >= 11 is 0. The third-order valence-electron chi connectivity index (χ3n) is 5.30. The smallest absolute Gasteiger partial charge is 0.302 e. The number of fused-ring (bicyclic) bond motifs is 2. The Morgan fingerprint density at radius 3 is 2.74 bits per heavy atom. The number of benzene rings is 2. The van der Waals surface area contributed by atoms with Crippen LogP contribution in [0.4, 0.5) is 11.5 Å². The molecule has 5 aromatic rings. The summed E-state index contributed by atoms with van der Waals surface area (Å²) < 4.78 is 18.6. The molecule has 0 aliphatic carbocycles. The van der Waals surface area contributed by atoms with Crippen LogP contribution in [-0.4, -0.2) is 38.5 Å². The number of hydrogen-bond acceptors (Lipinski definition) is 8. The Hall–Kier alpha value is -4.66. The van der Waals surface area contributed by atoms with Crippen molar-refractivity contribution in [3.8, 4) is 17.2 Å². The van der Waals surface area contributed by atoms with Crippen LogP contribution in [0.15, 0.2) is 73.4 Å². The maximum atomic E-state index is 10.9. The number of imidazole rings is 1. The molecule has 0 radical (unpaired) electrons. The molecule has 0 unspecified atom stereocenters. The molecule has 0 aliphatic heterocycles. The monoisotopic (exact) mass is 469 g/mol. The number of esters is 1. The molecule has 3 aromatic heterocycles. The normalized spacial score (nSPS) is 10.9. The van der Waals surface area contributed by atoms with Gasteiger partial charge in [0.1, 0.15) is 48.3 Å². The summed E-state index contributed by atoms with van der Waals surface area (Å²) in [5.41, 5.74) is 3.43. The number of nitrogens with zero attached hydrogens (tertiary/aromatic N) is 4. The maximum absolute atomic E-state index is 10.9. The molecule has 0 saturated heterocycles. The van der Waals surface area contributed by atoms with E-state index in [2.05, 4.69) is 20.3 Å². The van der Waals surface area contributed by atoms with Crippen LogP contribution in [0.3, 0.4) is 0 Å². The quantitative estimate of drug-likeness (QED) is 0.249. The predicted molar refractivity (Wildman–Crippen MR) is 131 cm³/mol. The van der Waals surface area contributed by atoms with Gasteiger partial charge in [-0.2, -0.15) is 0 Å². The number of nitrogens with one attached hydrogen (secondary N) is 1. The molecule has 176 valence electrons. The van der Waals surface area contributed by atoms with Crippen LogP contribution in [0.25, 0.3) is 16.6 Å². The standard InChI is InChI=1S/C26H23N5O4/c1-17-13-19(3-6-24(17)35-21-7-9-31-10-8-27-25(31)15-21)30-26-22-14-20(34-12-11-33-18(2)32)4-5-23(22)28-16-29-26/h3-10,13-16H,11-12H2,1-2H3,(H,28,29,30). The van der Waals surface area contributed by atoms with E-state index < -0.39 is 0 Å². The predicted octanol–water partition coefficient (Wildman–Crippen LogP) is 5.06. The van der Waals surface area contributed by atoms with E-state index in [1.165, 1.54) is 13.3 Å². The minimum Gasteiger partial charge on any atom is -0.490 e. The van der Waals surface area contributed by atoms with E-state index in [4.69, 9.17) is 14.2 Å². The van der Waals surface area contributed by atoms with Crippen molar-refractivity contribution in [3.63, 3.8) is 0 Å². The van der Waals surface area contributed by atoms with Gasteiger partial charge < -0.3 is 23.9 Å². The number of pyridine rings is 1. The van der Waals surface area contributed by atoms with Gasteiger partial charge in [0.15, 0.2) is 0 Å². The Morgan fingerprint density at radius 2 is 1.89 bits per heavy atom. The minimum atomic E-state index is -0.335. The van der Waals surface area contributed by atoms with E-state index in [0.717, 1.165) is 39.3 Å². The van der Waals surface area contributed by atoms with Crippen LogP contribution in [0.5, 0.6) is 17.2 Å². The number of rotatable bonds is 8. The van der Waals surface area contributed by atoms with Gasteiger partial charge in [-0.25, -0.2) is 15.0 Å². The Balaban J connectivity index is 1.32. The van der Waals surface area contributed by atoms with Crippen molar-refractivity contribution < 1.29 is 19.0 Å². The molecule has 9 heteroatoms. The van der Waals surface area contributed by atoms with Crippen LogP contribution in [0.2, 0.25) is 0 Å². The highest BCUT2D eigenvalue weighted by Gasteiger charge is 2.09. The lowest BCUT2D eigenvalue weighted by molar-refractivity contribution is -0.141. The van der Waals surface area contributed by atoms with Crippen molar-refractivity contribution in [2.45, 2.75) is 13.8 Å². The van der Waals surface area contributed by atoms with Gasteiger partial charge in [-0.05, 0) is 55.0 Å². The third-order valence-corrected chi connectivity index (χ3v) is 5.30. The van der Waals surface area contributed by atoms with Gasteiger partial charge >= 0.3 is 5.97 Å². The molecule has 0 saturated carbocycles. The van der Waals surface area contributed by atoms with Crippen molar-refractivity contribution in [1.82, 2.24) is 19.4 Å². The lowest BCUT2D eigenvalue weighted by Gasteiger charge is -2.13. The highest BCUT2D eigenvalue weighted by molar-refractivity contribution is 5.91. The molecule has 0 aliphatic rings. The van der Waals surface area contributed by atoms with Crippen LogP contribution >= 0.6 is 0 Å². The topological polar surface area (TPSA) is 99.9 Å². The zero-order valence-corrected chi connectivity index (χ0v) is 19.3. The molecule has 1 N–H and O–H groups in total. The molecular weight excluding hydrogens is 446 g/mol. The first kappa shape index (κ1) is 22.1. The van der Waals surface area contributed by atoms with Crippen LogP contribution < -0.4 is 14.8 Å². The van der Waals surface area contributed by atoms with Crippen LogP contribution in [0, 0.1) is 6.92 Å². The first-order valence-electron chi connectivity index (χ1n) is 11.0. The average Bonchev–Trinajstić information content (AvgIpc) is 3.32. The number of carbonyl (C=O) groups is 1. The molecule has 0 amide bonds. The fourth-order valence-corrected chi connectivity index (χ4v) is 3.63. The van der Waals surface area contributed by atoms with Gasteiger partial charge in [-0.1, -0.05) is 0 Å². The Kier molecular flexibility index (Phi) is 6.13. The second-order valence-corrected chi connectivity index (χ2v) is 7.85. The molecule has 0 spiro atoms. The third kappa shape index (κ3) is 5.14. The van der Waals surface area contributed by atoms with Gasteiger partial charge in [-0.3, -0.25) is 4.79 Å². The van der Waals surface area contributed by atoms with Gasteiger partial charge in [0.25, 0.3) is 0 Å². The lowest BCUT2D eigenvalue weighted by atomic mass is 10.2. The fourth-order valence-electron chi connectivity index (χ4n) is 3.63. The molecule has 0 atom stereocenters. The number of ether oxygens (including phenoxy) is 3. The SMILES string of the molecule is CC(=O)OCCOc1ccc2ncnc(Nc3ccc(Oc4ccn5ccnc5c4)c(C)c3)c2c1. The van der Waals surface area contributed by atoms with Crippen LogP contribution in [-0.2, 0) is 9.53 Å². The summed E-state index contributed by atoms with van der Waals surface area (Å²) in [6, 6.07) is 15.2. The molecule has 5 rings (SSSR count). The van der Waals surface area contributed by atoms with E-state index in [1.54, 1.807) is 6.20 Å². The summed E-state index contributed by atoms with van der Waals surface area (Å²) in [6.07, 6.45) is 7.07. The van der Waals surface area contributed by atoms with Crippen molar-refractivity contribution in [3.05, 3.63) is 79.0 Å². The summed E-state index contributed by atoms with van der Waals surface area (Å²) in [5.74, 6) is 2.42. The van der Waals surface area contributed by atoms with Crippen molar-refractivity contribution >= 4 is 34.0 Å². The molecule has 3 heterocycles. The average molecular weight is 470 g/mol. The zero-order chi connectivity index (χ0) is 24.2. The Labute approximate surface area is 201 Å². The molecule has 0 fully saturated rings. The zero-order valence-electron chi connectivity index (χ0n) is 19.3. The number of anilines is 2. The van der Waals surface area contributed by atoms with Gasteiger partial charge in [0.05, 0.1) is 5.52 Å². The van der Waals surface area contributed by atoms with Gasteiger partial charge in [0, 0.05) is 42.7 Å². The van der Waals surface area contributed by atoms with E-state index >= 15 is 0 Å². The molecular formula is C26H23N5O4. The summed E-state index contributed by atoms with van der Waals surface area (Å²) in [4.78, 5) is 24.0. The fraction of sp³-hybridized carbons (Fsp3) is 0.154. The summed E-state index contributed by atoms with van der Waals surface area (Å²) in [6.45, 7) is 3.80. The highest BCUT2D eigenvalue weighted by Crippen LogP contribution is 2.31. The van der Waals surface area contributed by atoms with E-state index in [9.17, 15) is 4.79 Å². The molecule has 0 bridgehead atoms. The molecule has 9 nitrogen and oxygen atoms in total. The molecule has 35 heavy (non-hydrogen) atoms. The lowest BCUT2D eigenvalue weighted by Crippen LogP contribution is -2.09. The van der Waals surface area contributed by atoms with Crippen molar-refractivity contribution in [2.24, 2.45) is 0 Å². The number of carbonyl (C=O) groups excluding carboxylic acids is 1. The molecule has 2 aromatic carbocycles. The first-order valence-corrected chi connectivity index (χ1v) is 11.0. The van der Waals surface area contributed by atoms with Crippen LogP contribution in [0.1, 0.15) is 12.5 Å². The second kappa shape index (κ2) is 9.68. The number of aromatic nitrogens is 4. The first-order chi connectivity index (χ1) is 17.0. The Bertz CT molecular complexity index is 1510. The number of aryl methyl sites for hydroxylation is 1.